The highest BCUT2D eigenvalue weighted by Gasteiger charge is 2.25. The Balaban J connectivity index is 2.22. The van der Waals surface area contributed by atoms with Gasteiger partial charge in [0.15, 0.2) is 0 Å². The lowest BCUT2D eigenvalue weighted by Gasteiger charge is -2.28. The molecule has 1 aliphatic carbocycles. The number of rotatable bonds is 7. The second-order valence-electron chi connectivity index (χ2n) is 5.69. The molecule has 1 aromatic heterocycles. The molecule has 0 radical (unpaired) electrons. The number of halogens is 1. The van der Waals surface area contributed by atoms with E-state index in [4.69, 9.17) is 18.0 Å². The number of hydrogen-bond acceptors (Lipinski definition) is 3. The van der Waals surface area contributed by atoms with E-state index in [1.54, 1.807) is 0 Å². The van der Waals surface area contributed by atoms with E-state index in [-0.39, 0.29) is 0 Å². The average Bonchev–Trinajstić information content (AvgIpc) is 3.07. The summed E-state index contributed by atoms with van der Waals surface area (Å²) in [6.45, 7) is 6.72. The third kappa shape index (κ3) is 4.05. The minimum atomic E-state index is 0.580. The number of nitrogens with two attached hydrogens (primary N) is 1. The Hall–Kier alpha value is -0.460. The zero-order valence-electron chi connectivity index (χ0n) is 12.9. The summed E-state index contributed by atoms with van der Waals surface area (Å²) in [5.74, 6) is 0. The summed E-state index contributed by atoms with van der Waals surface area (Å²) in [6, 6.07) is 0.601. The minimum Gasteiger partial charge on any atom is -0.392 e. The highest BCUT2D eigenvalue weighted by atomic mass is 79.9. The van der Waals surface area contributed by atoms with Gasteiger partial charge in [0.1, 0.15) is 0 Å². The van der Waals surface area contributed by atoms with Gasteiger partial charge in [0.25, 0.3) is 0 Å². The van der Waals surface area contributed by atoms with Gasteiger partial charge in [-0.25, -0.2) is 0 Å². The molecule has 1 aromatic rings. The molecule has 2 N–H and O–H groups in total. The van der Waals surface area contributed by atoms with Gasteiger partial charge in [-0.05, 0) is 42.1 Å². The number of aromatic nitrogens is 2. The molecule has 1 saturated carbocycles. The molecule has 1 aliphatic rings. The van der Waals surface area contributed by atoms with E-state index in [9.17, 15) is 0 Å². The van der Waals surface area contributed by atoms with E-state index in [0.717, 1.165) is 29.7 Å². The topological polar surface area (TPSA) is 47.1 Å². The van der Waals surface area contributed by atoms with Crippen molar-refractivity contribution in [3.8, 4) is 0 Å². The van der Waals surface area contributed by atoms with Crippen molar-refractivity contribution < 1.29 is 0 Å². The van der Waals surface area contributed by atoms with Crippen molar-refractivity contribution in [2.75, 3.05) is 6.54 Å². The number of aryl methyl sites for hydroxylation is 2. The second kappa shape index (κ2) is 7.70. The predicted octanol–water partition coefficient (Wildman–Crippen LogP) is 3.26. The first kappa shape index (κ1) is 16.9. The van der Waals surface area contributed by atoms with Crippen LogP contribution in [-0.2, 0) is 19.5 Å². The van der Waals surface area contributed by atoms with Crippen molar-refractivity contribution in [2.24, 2.45) is 5.73 Å². The molecule has 0 saturated heterocycles. The Morgan fingerprint density at radius 3 is 2.62 bits per heavy atom. The highest BCUT2D eigenvalue weighted by Crippen LogP contribution is 2.28. The molecule has 0 unspecified atom stereocenters. The fraction of sp³-hybridized carbons (Fsp3) is 0.733. The molecule has 0 aliphatic heterocycles. The summed E-state index contributed by atoms with van der Waals surface area (Å²) < 4.78 is 3.25. The van der Waals surface area contributed by atoms with E-state index in [0.29, 0.717) is 17.6 Å². The molecule has 0 aromatic carbocycles. The molecular formula is C15H25BrN4S. The van der Waals surface area contributed by atoms with Crippen molar-refractivity contribution in [3.05, 3.63) is 15.9 Å². The molecular weight excluding hydrogens is 348 g/mol. The first-order chi connectivity index (χ1) is 10.1. The van der Waals surface area contributed by atoms with Crippen LogP contribution in [0.2, 0.25) is 0 Å². The molecule has 0 atom stereocenters. The second-order valence-corrected chi connectivity index (χ2v) is 7.00. The number of thiocarbonyl (C=S) groups is 1. The van der Waals surface area contributed by atoms with Gasteiger partial charge in [0, 0.05) is 25.7 Å². The van der Waals surface area contributed by atoms with Gasteiger partial charge in [0.2, 0.25) is 0 Å². The fourth-order valence-corrected chi connectivity index (χ4v) is 4.00. The van der Waals surface area contributed by atoms with E-state index < -0.39 is 0 Å². The van der Waals surface area contributed by atoms with E-state index in [1.165, 1.54) is 31.4 Å². The summed E-state index contributed by atoms with van der Waals surface area (Å²) in [5, 5.41) is 4.68. The van der Waals surface area contributed by atoms with E-state index >= 15 is 0 Å². The van der Waals surface area contributed by atoms with Crippen LogP contribution in [0.4, 0.5) is 0 Å². The third-order valence-corrected chi connectivity index (χ3v) is 5.29. The largest absolute Gasteiger partial charge is 0.392 e. The molecule has 21 heavy (non-hydrogen) atoms. The van der Waals surface area contributed by atoms with Crippen molar-refractivity contribution in [1.82, 2.24) is 14.7 Å². The van der Waals surface area contributed by atoms with Crippen molar-refractivity contribution in [1.29, 1.82) is 0 Å². The van der Waals surface area contributed by atoms with Gasteiger partial charge in [-0.3, -0.25) is 9.58 Å². The summed E-state index contributed by atoms with van der Waals surface area (Å²) in [4.78, 5) is 3.01. The van der Waals surface area contributed by atoms with Crippen LogP contribution in [0.3, 0.4) is 0 Å². The van der Waals surface area contributed by atoms with Gasteiger partial charge in [-0.15, -0.1) is 0 Å². The van der Waals surface area contributed by atoms with Crippen LogP contribution in [0.1, 0.15) is 50.9 Å². The van der Waals surface area contributed by atoms with Crippen molar-refractivity contribution in [2.45, 2.75) is 65.1 Å². The van der Waals surface area contributed by atoms with Crippen LogP contribution in [0.25, 0.3) is 0 Å². The molecule has 6 heteroatoms. The van der Waals surface area contributed by atoms with Crippen LogP contribution in [0.5, 0.6) is 0 Å². The molecule has 2 rings (SSSR count). The molecule has 118 valence electrons. The van der Waals surface area contributed by atoms with Gasteiger partial charge in [-0.2, -0.15) is 5.10 Å². The zero-order valence-corrected chi connectivity index (χ0v) is 15.3. The van der Waals surface area contributed by atoms with Crippen LogP contribution in [0.15, 0.2) is 4.47 Å². The minimum absolute atomic E-state index is 0.580. The Labute approximate surface area is 141 Å². The Bertz CT molecular complexity index is 494. The number of nitrogens with zero attached hydrogens (tertiary/aromatic N) is 3. The predicted molar refractivity (Wildman–Crippen MR) is 94.4 cm³/mol. The zero-order chi connectivity index (χ0) is 15.4. The lowest BCUT2D eigenvalue weighted by Crippen LogP contribution is -2.39. The average molecular weight is 373 g/mol. The van der Waals surface area contributed by atoms with Gasteiger partial charge < -0.3 is 5.73 Å². The first-order valence-electron chi connectivity index (χ1n) is 7.83. The lowest BCUT2D eigenvalue weighted by molar-refractivity contribution is 0.212. The standard InChI is InChI=1S/C15H25BrN4S/c1-3-12-15(16)13(20(4-2)18-12)9-19(10-14(17)21)11-7-5-6-8-11/h11H,3-10H2,1-2H3,(H2,17,21). The van der Waals surface area contributed by atoms with E-state index in [1.807, 2.05) is 0 Å². The molecule has 1 fully saturated rings. The quantitative estimate of drug-likeness (QED) is 0.746. The molecule has 0 bridgehead atoms. The summed E-state index contributed by atoms with van der Waals surface area (Å²) in [5.41, 5.74) is 8.19. The highest BCUT2D eigenvalue weighted by molar-refractivity contribution is 9.10. The van der Waals surface area contributed by atoms with Crippen LogP contribution in [0, 0.1) is 0 Å². The monoisotopic (exact) mass is 372 g/mol. The molecule has 0 amide bonds. The fourth-order valence-electron chi connectivity index (χ4n) is 3.14. The smallest absolute Gasteiger partial charge is 0.0870 e. The van der Waals surface area contributed by atoms with E-state index in [2.05, 4.69) is 44.5 Å². The van der Waals surface area contributed by atoms with Crippen molar-refractivity contribution in [3.63, 3.8) is 0 Å². The van der Waals surface area contributed by atoms with Crippen molar-refractivity contribution >= 4 is 33.1 Å². The Kier molecular flexibility index (Phi) is 6.20. The third-order valence-electron chi connectivity index (χ3n) is 4.25. The first-order valence-corrected chi connectivity index (χ1v) is 9.03. The van der Waals surface area contributed by atoms with Gasteiger partial charge >= 0.3 is 0 Å². The maximum Gasteiger partial charge on any atom is 0.0870 e. The van der Waals surface area contributed by atoms with Gasteiger partial charge in [0.05, 0.1) is 20.8 Å². The lowest BCUT2D eigenvalue weighted by atomic mass is 10.2. The summed E-state index contributed by atoms with van der Waals surface area (Å²) in [7, 11) is 0. The van der Waals surface area contributed by atoms with Crippen LogP contribution < -0.4 is 5.73 Å². The Morgan fingerprint density at radius 1 is 1.43 bits per heavy atom. The summed E-state index contributed by atoms with van der Waals surface area (Å²) in [6.07, 6.45) is 6.07. The maximum atomic E-state index is 5.81. The Morgan fingerprint density at radius 2 is 2.10 bits per heavy atom. The summed E-state index contributed by atoms with van der Waals surface area (Å²) >= 11 is 8.88. The molecule has 0 spiro atoms. The maximum absolute atomic E-state index is 5.81. The normalized spacial score (nSPS) is 16.0. The molecule has 4 nitrogen and oxygen atoms in total. The van der Waals surface area contributed by atoms with Crippen LogP contribution >= 0.6 is 28.1 Å². The van der Waals surface area contributed by atoms with Gasteiger partial charge in [-0.1, -0.05) is 32.0 Å². The number of hydrogen-bond donors (Lipinski definition) is 1. The van der Waals surface area contributed by atoms with Crippen LogP contribution in [-0.4, -0.2) is 32.3 Å². The SMILES string of the molecule is CCc1nn(CC)c(CN(CC(N)=S)C2CCCC2)c1Br. The molecule has 1 heterocycles.